The van der Waals surface area contributed by atoms with Crippen molar-refractivity contribution in [2.45, 2.75) is 32.2 Å². The lowest BCUT2D eigenvalue weighted by atomic mass is 10.2. The van der Waals surface area contributed by atoms with E-state index in [0.717, 1.165) is 44.6 Å². The molecule has 0 aromatic heterocycles. The summed E-state index contributed by atoms with van der Waals surface area (Å²) in [5, 5.41) is 11.7. The first-order valence-electron chi connectivity index (χ1n) is 6.34. The lowest BCUT2D eigenvalue weighted by Crippen LogP contribution is -2.04. The summed E-state index contributed by atoms with van der Waals surface area (Å²) in [6, 6.07) is 8.19. The molecular weight excluding hydrogens is 214 g/mol. The first-order chi connectivity index (χ1) is 8.36. The Morgan fingerprint density at radius 1 is 1.06 bits per heavy atom. The molecule has 0 saturated heterocycles. The molecule has 0 amide bonds. The normalized spacial score (nSPS) is 10.5. The number of nitrogens with one attached hydrogen (secondary N) is 1. The maximum Gasteiger partial charge on any atom is 0.119 e. The van der Waals surface area contributed by atoms with Crippen LogP contribution in [0, 0.1) is 0 Å². The number of hydrogen-bond donors (Lipinski definition) is 2. The molecule has 2 N–H and O–H groups in total. The zero-order valence-corrected chi connectivity index (χ0v) is 10.6. The van der Waals surface area contributed by atoms with Crippen LogP contribution in [0.1, 0.15) is 31.2 Å². The summed E-state index contributed by atoms with van der Waals surface area (Å²) in [7, 11) is 1.94. The zero-order valence-electron chi connectivity index (χ0n) is 10.6. The van der Waals surface area contributed by atoms with E-state index in [1.807, 2.05) is 19.2 Å². The van der Waals surface area contributed by atoms with Crippen molar-refractivity contribution in [1.29, 1.82) is 0 Å². The second-order valence-corrected chi connectivity index (χ2v) is 4.16. The highest BCUT2D eigenvalue weighted by Gasteiger charge is 1.95. The van der Waals surface area contributed by atoms with E-state index in [1.54, 1.807) is 0 Å². The first kappa shape index (κ1) is 14.0. The van der Waals surface area contributed by atoms with Crippen molar-refractivity contribution in [3.8, 4) is 5.75 Å². The van der Waals surface area contributed by atoms with E-state index in [2.05, 4.69) is 17.4 Å². The average molecular weight is 237 g/mol. The third kappa shape index (κ3) is 6.29. The predicted octanol–water partition coefficient (Wildman–Crippen LogP) is 2.34. The fourth-order valence-electron chi connectivity index (χ4n) is 1.67. The van der Waals surface area contributed by atoms with Crippen LogP contribution >= 0.6 is 0 Å². The fraction of sp³-hybridized carbons (Fsp3) is 0.571. The van der Waals surface area contributed by atoms with E-state index in [-0.39, 0.29) is 0 Å². The van der Waals surface area contributed by atoms with Crippen molar-refractivity contribution in [2.75, 3.05) is 20.3 Å². The van der Waals surface area contributed by atoms with Crippen LogP contribution in [0.3, 0.4) is 0 Å². The monoisotopic (exact) mass is 237 g/mol. The second kappa shape index (κ2) is 9.02. The predicted molar refractivity (Wildman–Crippen MR) is 70.3 cm³/mol. The van der Waals surface area contributed by atoms with Crippen molar-refractivity contribution in [1.82, 2.24) is 5.32 Å². The van der Waals surface area contributed by atoms with Gasteiger partial charge in [-0.2, -0.15) is 0 Å². The Labute approximate surface area is 104 Å². The number of rotatable bonds is 9. The minimum atomic E-state index is 0.299. The van der Waals surface area contributed by atoms with Crippen molar-refractivity contribution in [3.63, 3.8) is 0 Å². The maximum atomic E-state index is 8.63. The Morgan fingerprint density at radius 3 is 2.41 bits per heavy atom. The minimum Gasteiger partial charge on any atom is -0.494 e. The van der Waals surface area contributed by atoms with Crippen molar-refractivity contribution in [2.24, 2.45) is 0 Å². The van der Waals surface area contributed by atoms with Crippen LogP contribution in [-0.2, 0) is 6.54 Å². The van der Waals surface area contributed by atoms with E-state index in [0.29, 0.717) is 6.61 Å². The molecule has 0 spiro atoms. The summed E-state index contributed by atoms with van der Waals surface area (Å²) in [5.74, 6) is 0.937. The van der Waals surface area contributed by atoms with Crippen LogP contribution in [0.2, 0.25) is 0 Å². The molecule has 0 unspecified atom stereocenters. The van der Waals surface area contributed by atoms with Crippen LogP contribution in [0.15, 0.2) is 24.3 Å². The Hall–Kier alpha value is -1.06. The number of ether oxygens (including phenoxy) is 1. The highest BCUT2D eigenvalue weighted by atomic mass is 16.5. The summed E-state index contributed by atoms with van der Waals surface area (Å²) in [4.78, 5) is 0. The molecule has 17 heavy (non-hydrogen) atoms. The maximum absolute atomic E-state index is 8.63. The van der Waals surface area contributed by atoms with Crippen LogP contribution in [0.4, 0.5) is 0 Å². The minimum absolute atomic E-state index is 0.299. The molecule has 0 radical (unpaired) electrons. The van der Waals surface area contributed by atoms with Gasteiger partial charge < -0.3 is 15.2 Å². The van der Waals surface area contributed by atoms with Gasteiger partial charge in [-0.3, -0.25) is 0 Å². The lowest BCUT2D eigenvalue weighted by Gasteiger charge is -2.07. The molecule has 0 heterocycles. The standard InChI is InChI=1S/C14H23NO2/c1-15-12-13-6-8-14(9-7-13)17-11-5-3-2-4-10-16/h6-9,15-16H,2-5,10-12H2,1H3. The molecule has 3 nitrogen and oxygen atoms in total. The molecule has 0 fully saturated rings. The average Bonchev–Trinajstić information content (AvgIpc) is 2.36. The molecule has 0 bridgehead atoms. The largest absolute Gasteiger partial charge is 0.494 e. The molecule has 1 aromatic carbocycles. The van der Waals surface area contributed by atoms with E-state index in [9.17, 15) is 0 Å². The first-order valence-corrected chi connectivity index (χ1v) is 6.34. The summed E-state index contributed by atoms with van der Waals surface area (Å²) >= 11 is 0. The highest BCUT2D eigenvalue weighted by molar-refractivity contribution is 5.27. The Morgan fingerprint density at radius 2 is 1.76 bits per heavy atom. The van der Waals surface area contributed by atoms with Crippen molar-refractivity contribution >= 4 is 0 Å². The molecule has 0 saturated carbocycles. The molecule has 0 atom stereocenters. The lowest BCUT2D eigenvalue weighted by molar-refractivity contribution is 0.273. The van der Waals surface area contributed by atoms with Crippen LogP contribution in [0.5, 0.6) is 5.75 Å². The van der Waals surface area contributed by atoms with Crippen molar-refractivity contribution < 1.29 is 9.84 Å². The van der Waals surface area contributed by atoms with Gasteiger partial charge in [-0.05, 0) is 44.0 Å². The second-order valence-electron chi connectivity index (χ2n) is 4.16. The summed E-state index contributed by atoms with van der Waals surface area (Å²) < 4.78 is 5.64. The number of aliphatic hydroxyl groups excluding tert-OH is 1. The molecular formula is C14H23NO2. The fourth-order valence-corrected chi connectivity index (χ4v) is 1.67. The van der Waals surface area contributed by atoms with Gasteiger partial charge in [-0.25, -0.2) is 0 Å². The van der Waals surface area contributed by atoms with Gasteiger partial charge in [0.25, 0.3) is 0 Å². The number of unbranched alkanes of at least 4 members (excludes halogenated alkanes) is 3. The highest BCUT2D eigenvalue weighted by Crippen LogP contribution is 2.12. The van der Waals surface area contributed by atoms with Gasteiger partial charge in [0.15, 0.2) is 0 Å². The Bertz CT molecular complexity index is 285. The van der Waals surface area contributed by atoms with Gasteiger partial charge >= 0.3 is 0 Å². The van der Waals surface area contributed by atoms with Gasteiger partial charge in [0, 0.05) is 13.2 Å². The molecule has 3 heteroatoms. The van der Waals surface area contributed by atoms with E-state index in [1.165, 1.54) is 5.56 Å². The van der Waals surface area contributed by atoms with E-state index >= 15 is 0 Å². The van der Waals surface area contributed by atoms with Crippen LogP contribution in [-0.4, -0.2) is 25.4 Å². The van der Waals surface area contributed by atoms with Gasteiger partial charge in [-0.1, -0.05) is 18.6 Å². The van der Waals surface area contributed by atoms with Gasteiger partial charge in [0.05, 0.1) is 6.61 Å². The van der Waals surface area contributed by atoms with Crippen LogP contribution < -0.4 is 10.1 Å². The molecule has 96 valence electrons. The summed E-state index contributed by atoms with van der Waals surface area (Å²) in [6.07, 6.45) is 4.16. The summed E-state index contributed by atoms with van der Waals surface area (Å²) in [5.41, 5.74) is 1.27. The van der Waals surface area contributed by atoms with E-state index in [4.69, 9.17) is 9.84 Å². The summed E-state index contributed by atoms with van der Waals surface area (Å²) in [6.45, 7) is 1.95. The number of aliphatic hydroxyl groups is 1. The zero-order chi connectivity index (χ0) is 12.3. The third-order valence-corrected chi connectivity index (χ3v) is 2.63. The van der Waals surface area contributed by atoms with Crippen molar-refractivity contribution in [3.05, 3.63) is 29.8 Å². The molecule has 1 aromatic rings. The van der Waals surface area contributed by atoms with Gasteiger partial charge in [-0.15, -0.1) is 0 Å². The SMILES string of the molecule is CNCc1ccc(OCCCCCCO)cc1. The molecule has 0 aliphatic heterocycles. The van der Waals surface area contributed by atoms with Gasteiger partial charge in [0.2, 0.25) is 0 Å². The number of hydrogen-bond acceptors (Lipinski definition) is 3. The van der Waals surface area contributed by atoms with Crippen LogP contribution in [0.25, 0.3) is 0 Å². The molecule has 0 aliphatic rings. The van der Waals surface area contributed by atoms with Gasteiger partial charge in [0.1, 0.15) is 5.75 Å². The number of benzene rings is 1. The molecule has 1 rings (SSSR count). The van der Waals surface area contributed by atoms with E-state index < -0.39 is 0 Å². The topological polar surface area (TPSA) is 41.5 Å². The quantitative estimate of drug-likeness (QED) is 0.648. The molecule has 0 aliphatic carbocycles. The Balaban J connectivity index is 2.14. The smallest absolute Gasteiger partial charge is 0.119 e. The Kier molecular flexibility index (Phi) is 7.43. The third-order valence-electron chi connectivity index (χ3n) is 2.63.